The van der Waals surface area contributed by atoms with Crippen LogP contribution in [0.5, 0.6) is 5.75 Å². The Morgan fingerprint density at radius 2 is 1.88 bits per heavy atom. The third kappa shape index (κ3) is 13.2. The van der Waals surface area contributed by atoms with Crippen molar-refractivity contribution in [1.82, 2.24) is 14.9 Å². The minimum Gasteiger partial charge on any atom is -0.497 e. The van der Waals surface area contributed by atoms with E-state index in [0.29, 0.717) is 17.7 Å². The molecule has 3 atom stereocenters. The Morgan fingerprint density at radius 3 is 2.53 bits per heavy atom. The van der Waals surface area contributed by atoms with Crippen molar-refractivity contribution < 1.29 is 19.4 Å². The van der Waals surface area contributed by atoms with Crippen molar-refractivity contribution in [2.75, 3.05) is 20.8 Å². The number of aromatic amines is 1. The second kappa shape index (κ2) is 22.4. The van der Waals surface area contributed by atoms with Crippen LogP contribution < -0.4 is 10.2 Å². The lowest BCUT2D eigenvalue weighted by Gasteiger charge is -2.22. The minimum atomic E-state index is -0.137. The highest BCUT2D eigenvalue weighted by molar-refractivity contribution is 7.13. The van der Waals surface area contributed by atoms with Crippen LogP contribution in [0.1, 0.15) is 124 Å². The number of thiazole rings is 1. The molecule has 5 rings (SSSR count). The Morgan fingerprint density at radius 1 is 1.14 bits per heavy atom. The summed E-state index contributed by atoms with van der Waals surface area (Å²) in [5.41, 5.74) is 2.54. The molecule has 2 fully saturated rings. The summed E-state index contributed by atoms with van der Waals surface area (Å²) in [6.07, 6.45) is 17.1. The van der Waals surface area contributed by atoms with E-state index in [9.17, 15) is 14.4 Å². The first kappa shape index (κ1) is 41.9. The lowest BCUT2D eigenvalue weighted by Crippen LogP contribution is -2.39. The standard InChI is InChI=1S/C21H35NO2.C16H16N2O2S.C2H6.CH4O/c1-3-11-18-16-19(18)12-8-6-4-5-7-9-14-21(24)22-15-10-13-20(22)17(2)23;1-9(2)14-8-21-16(18-14)13-7-15(19)11-5-4-10(20-3)6-12(11)17-13;2*1-2/h8,12,18-20H,3-7,9-11,13-16H2,1-2H3;4-9H,1-3H3,(H,17,19);1-2H3;2H,1H3/b12-8-;;;/t18?,19-,20?;;;/m1.../s1. The van der Waals surface area contributed by atoms with Gasteiger partial charge in [0.15, 0.2) is 11.2 Å². The first-order chi connectivity index (χ1) is 23.7. The third-order valence-corrected chi connectivity index (χ3v) is 9.85. The van der Waals surface area contributed by atoms with Crippen molar-refractivity contribution in [3.63, 3.8) is 0 Å². The summed E-state index contributed by atoms with van der Waals surface area (Å²) >= 11 is 1.55. The van der Waals surface area contributed by atoms with E-state index >= 15 is 0 Å². The smallest absolute Gasteiger partial charge is 0.223 e. The molecule has 1 aliphatic carbocycles. The van der Waals surface area contributed by atoms with Gasteiger partial charge in [0.05, 0.1) is 30.1 Å². The number of likely N-dealkylation sites (tertiary alicyclic amines) is 1. The molecule has 0 spiro atoms. The number of methoxy groups -OCH3 is 1. The number of hydrogen-bond acceptors (Lipinski definition) is 7. The number of fused-ring (bicyclic) bond motifs is 1. The van der Waals surface area contributed by atoms with Gasteiger partial charge in [-0.25, -0.2) is 4.98 Å². The van der Waals surface area contributed by atoms with Gasteiger partial charge in [0, 0.05) is 43.0 Å². The maximum absolute atomic E-state index is 12.2. The van der Waals surface area contributed by atoms with Gasteiger partial charge in [-0.1, -0.05) is 72.5 Å². The van der Waals surface area contributed by atoms with Crippen LogP contribution in [0, 0.1) is 11.8 Å². The van der Waals surface area contributed by atoms with Gasteiger partial charge in [-0.05, 0) is 75.3 Å². The molecule has 2 N–H and O–H groups in total. The average Bonchev–Trinajstić information content (AvgIpc) is 3.46. The van der Waals surface area contributed by atoms with Crippen molar-refractivity contribution >= 4 is 33.9 Å². The number of rotatable bonds is 14. The zero-order valence-electron chi connectivity index (χ0n) is 31.2. The molecule has 1 aromatic carbocycles. The quantitative estimate of drug-likeness (QED) is 0.128. The van der Waals surface area contributed by atoms with E-state index in [1.807, 2.05) is 30.2 Å². The van der Waals surface area contributed by atoms with Crippen LogP contribution in [-0.2, 0) is 9.59 Å². The molecule has 2 unspecified atom stereocenters. The molecule has 8 nitrogen and oxygen atoms in total. The summed E-state index contributed by atoms with van der Waals surface area (Å²) in [4.78, 5) is 45.7. The van der Waals surface area contributed by atoms with Crippen LogP contribution in [0.4, 0.5) is 0 Å². The highest BCUT2D eigenvalue weighted by Gasteiger charge is 2.33. The molecular weight excluding hydrogens is 635 g/mol. The highest BCUT2D eigenvalue weighted by Crippen LogP contribution is 2.43. The zero-order chi connectivity index (χ0) is 36.3. The Kier molecular flexibility index (Phi) is 19.2. The summed E-state index contributed by atoms with van der Waals surface area (Å²) < 4.78 is 5.21. The topological polar surface area (TPSA) is 113 Å². The molecule has 3 heterocycles. The van der Waals surface area contributed by atoms with E-state index in [0.717, 1.165) is 78.8 Å². The fraction of sp³-hybridized carbons (Fsp3) is 0.600. The maximum Gasteiger partial charge on any atom is 0.223 e. The number of aromatic nitrogens is 2. The van der Waals surface area contributed by atoms with Crippen LogP contribution in [0.15, 0.2) is 46.6 Å². The number of carbonyl (C=O) groups excluding carboxylic acids is 2. The number of nitrogens with one attached hydrogen (secondary N) is 1. The number of H-pyrrole nitrogens is 1. The van der Waals surface area contributed by atoms with E-state index in [1.54, 1.807) is 43.6 Å². The SMILES string of the molecule is CC.CCCC1C[C@H]1/C=C\CCCCCCC(=O)N1CCCC1C(C)=O.CO.COc1ccc2c(=O)cc(-c3nc(C(C)C)cs3)[nH]c2c1. The maximum atomic E-state index is 12.2. The van der Waals surface area contributed by atoms with Crippen LogP contribution in [0.25, 0.3) is 21.6 Å². The summed E-state index contributed by atoms with van der Waals surface area (Å²) in [6.45, 7) is 12.9. The fourth-order valence-electron chi connectivity index (χ4n) is 6.15. The molecule has 49 heavy (non-hydrogen) atoms. The van der Waals surface area contributed by atoms with Crippen molar-refractivity contribution in [2.24, 2.45) is 11.8 Å². The molecule has 9 heteroatoms. The van der Waals surface area contributed by atoms with Gasteiger partial charge in [-0.15, -0.1) is 11.3 Å². The summed E-state index contributed by atoms with van der Waals surface area (Å²) in [5.74, 6) is 3.27. The fourth-order valence-corrected chi connectivity index (χ4v) is 7.11. The number of hydrogen-bond donors (Lipinski definition) is 2. The number of carbonyl (C=O) groups is 2. The van der Waals surface area contributed by atoms with Gasteiger partial charge in [-0.2, -0.15) is 0 Å². The largest absolute Gasteiger partial charge is 0.497 e. The van der Waals surface area contributed by atoms with Crippen LogP contribution in [0.2, 0.25) is 0 Å². The van der Waals surface area contributed by atoms with E-state index in [4.69, 9.17) is 9.84 Å². The second-order valence-electron chi connectivity index (χ2n) is 12.9. The van der Waals surface area contributed by atoms with E-state index in [2.05, 4.69) is 42.9 Å². The number of benzene rings is 1. The highest BCUT2D eigenvalue weighted by atomic mass is 32.1. The molecule has 272 valence electrons. The molecule has 1 amide bonds. The normalized spacial score (nSPS) is 17.9. The molecule has 2 aromatic heterocycles. The summed E-state index contributed by atoms with van der Waals surface area (Å²) in [7, 11) is 2.61. The number of allylic oxidation sites excluding steroid dienone is 2. The first-order valence-electron chi connectivity index (χ1n) is 18.3. The van der Waals surface area contributed by atoms with Crippen molar-refractivity contribution in [2.45, 2.75) is 124 Å². The molecule has 0 bridgehead atoms. The van der Waals surface area contributed by atoms with Crippen molar-refractivity contribution in [3.8, 4) is 16.5 Å². The molecule has 1 saturated heterocycles. The monoisotopic (exact) mass is 695 g/mol. The minimum absolute atomic E-state index is 0.0114. The molecule has 3 aromatic rings. The van der Waals surface area contributed by atoms with Gasteiger partial charge < -0.3 is 19.7 Å². The number of aliphatic hydroxyl groups is 1. The number of pyridine rings is 1. The van der Waals surface area contributed by atoms with E-state index in [-0.39, 0.29) is 23.2 Å². The average molecular weight is 696 g/mol. The predicted molar refractivity (Wildman–Crippen MR) is 205 cm³/mol. The number of Topliss-reactive ketones (excluding diaryl/α,β-unsaturated/α-hetero) is 1. The van der Waals surface area contributed by atoms with Gasteiger partial charge in [-0.3, -0.25) is 14.4 Å². The third-order valence-electron chi connectivity index (χ3n) is 8.95. The van der Waals surface area contributed by atoms with Crippen LogP contribution >= 0.6 is 11.3 Å². The number of nitrogens with zero attached hydrogens (tertiary/aromatic N) is 2. The lowest BCUT2D eigenvalue weighted by atomic mass is 10.1. The first-order valence-corrected chi connectivity index (χ1v) is 19.2. The molecule has 2 aliphatic rings. The Balaban J connectivity index is 0.000000311. The van der Waals surface area contributed by atoms with Gasteiger partial charge in [0.25, 0.3) is 0 Å². The number of ketones is 1. The Labute approximate surface area is 298 Å². The number of amides is 1. The van der Waals surface area contributed by atoms with Gasteiger partial charge >= 0.3 is 0 Å². The number of unbranched alkanes of at least 4 members (excludes halogenated alkanes) is 4. The van der Waals surface area contributed by atoms with Crippen molar-refractivity contribution in [1.29, 1.82) is 0 Å². The predicted octanol–water partition coefficient (Wildman–Crippen LogP) is 9.32. The lowest BCUT2D eigenvalue weighted by molar-refractivity contribution is -0.137. The summed E-state index contributed by atoms with van der Waals surface area (Å²) in [6, 6.07) is 6.87. The second-order valence-corrected chi connectivity index (χ2v) is 13.7. The zero-order valence-corrected chi connectivity index (χ0v) is 32.0. The molecular formula is C40H61N3O5S. The van der Waals surface area contributed by atoms with Crippen molar-refractivity contribution in [3.05, 3.63) is 57.7 Å². The molecule has 1 saturated carbocycles. The molecule has 0 radical (unpaired) electrons. The molecule has 1 aliphatic heterocycles. The van der Waals surface area contributed by atoms with Gasteiger partial charge in [0.2, 0.25) is 5.91 Å². The number of aliphatic hydroxyl groups excluding tert-OH is 1. The van der Waals surface area contributed by atoms with E-state index < -0.39 is 0 Å². The van der Waals surface area contributed by atoms with Gasteiger partial charge in [0.1, 0.15) is 10.8 Å². The van der Waals surface area contributed by atoms with Crippen LogP contribution in [0.3, 0.4) is 0 Å². The summed E-state index contributed by atoms with van der Waals surface area (Å²) in [5, 5.41) is 10.5. The van der Waals surface area contributed by atoms with Crippen LogP contribution in [-0.4, -0.2) is 58.5 Å². The Hall–Kier alpha value is -3.30. The van der Waals surface area contributed by atoms with E-state index in [1.165, 1.54) is 38.5 Å². The number of ether oxygens (including phenoxy) is 1. The Bertz CT molecular complexity index is 1510.